The molecule has 0 aromatic heterocycles. The summed E-state index contributed by atoms with van der Waals surface area (Å²) in [7, 11) is 0. The van der Waals surface area contributed by atoms with E-state index in [1.54, 1.807) is 0 Å². The lowest BCUT2D eigenvalue weighted by Crippen LogP contribution is -2.56. The van der Waals surface area contributed by atoms with E-state index in [-0.39, 0.29) is 12.5 Å². The first-order valence-electron chi connectivity index (χ1n) is 6.90. The zero-order valence-electron chi connectivity index (χ0n) is 12.0. The number of hydrogen-bond donors (Lipinski definition) is 2. The largest absolute Gasteiger partial charge is 0.394 e. The van der Waals surface area contributed by atoms with Gasteiger partial charge in [-0.15, -0.1) is 0 Å². The van der Waals surface area contributed by atoms with Gasteiger partial charge in [0.05, 0.1) is 17.6 Å². The monoisotopic (exact) mass is 261 g/mol. The molecule has 0 saturated heterocycles. The van der Waals surface area contributed by atoms with E-state index >= 15 is 0 Å². The van der Waals surface area contributed by atoms with Crippen LogP contribution in [0, 0.1) is 6.92 Å². The van der Waals surface area contributed by atoms with E-state index in [0.29, 0.717) is 0 Å². The molecule has 0 heterocycles. The number of aliphatic hydroxyl groups is 1. The molecule has 0 unspecified atom stereocenters. The molecule has 0 spiro atoms. The number of carbonyl (C=O) groups excluding carboxylic acids is 1. The number of aliphatic hydroxyl groups excluding tert-OH is 1. The number of benzene rings is 1. The fraction of sp³-hybridized carbons (Fsp3) is 0.562. The van der Waals surface area contributed by atoms with E-state index in [1.807, 2.05) is 39.0 Å². The van der Waals surface area contributed by atoms with Gasteiger partial charge in [0.1, 0.15) is 0 Å². The summed E-state index contributed by atoms with van der Waals surface area (Å²) >= 11 is 0. The molecule has 1 aromatic carbocycles. The summed E-state index contributed by atoms with van der Waals surface area (Å²) in [5.41, 5.74) is 1.32. The molecular weight excluding hydrogens is 238 g/mol. The molecule has 19 heavy (non-hydrogen) atoms. The van der Waals surface area contributed by atoms with Crippen molar-refractivity contribution in [1.82, 2.24) is 5.32 Å². The average Bonchev–Trinajstić information content (AvgIpc) is 2.27. The van der Waals surface area contributed by atoms with Crippen LogP contribution in [0.1, 0.15) is 44.2 Å². The molecule has 2 N–H and O–H groups in total. The smallest absolute Gasteiger partial charge is 0.231 e. The van der Waals surface area contributed by atoms with Gasteiger partial charge in [-0.1, -0.05) is 36.2 Å². The first-order valence-corrected chi connectivity index (χ1v) is 6.90. The van der Waals surface area contributed by atoms with E-state index in [4.69, 9.17) is 0 Å². The number of rotatable bonds is 4. The Hall–Kier alpha value is -1.35. The van der Waals surface area contributed by atoms with Gasteiger partial charge in [0.25, 0.3) is 0 Å². The highest BCUT2D eigenvalue weighted by Gasteiger charge is 2.46. The average molecular weight is 261 g/mol. The first-order chi connectivity index (χ1) is 8.89. The van der Waals surface area contributed by atoms with E-state index in [1.165, 1.54) is 5.56 Å². The second kappa shape index (κ2) is 4.97. The molecule has 0 radical (unpaired) electrons. The Morgan fingerprint density at radius 1 is 1.42 bits per heavy atom. The van der Waals surface area contributed by atoms with Crippen LogP contribution in [0.4, 0.5) is 0 Å². The number of carbonyl (C=O) groups is 1. The Labute approximate surface area is 115 Å². The maximum absolute atomic E-state index is 12.6. The predicted molar refractivity (Wildman–Crippen MR) is 76.0 cm³/mol. The lowest BCUT2D eigenvalue weighted by molar-refractivity contribution is -0.132. The van der Waals surface area contributed by atoms with Crippen molar-refractivity contribution in [2.45, 2.75) is 51.0 Å². The molecule has 1 amide bonds. The molecule has 104 valence electrons. The van der Waals surface area contributed by atoms with Crippen molar-refractivity contribution in [3.05, 3.63) is 35.4 Å². The van der Waals surface area contributed by atoms with Crippen LogP contribution in [0.5, 0.6) is 0 Å². The van der Waals surface area contributed by atoms with Gasteiger partial charge in [-0.2, -0.15) is 0 Å². The molecule has 3 heteroatoms. The zero-order valence-corrected chi connectivity index (χ0v) is 12.0. The third-order valence-electron chi connectivity index (χ3n) is 4.06. The summed E-state index contributed by atoms with van der Waals surface area (Å²) < 4.78 is 0. The molecule has 1 fully saturated rings. The molecular formula is C16H23NO2. The van der Waals surface area contributed by atoms with Gasteiger partial charge in [0, 0.05) is 0 Å². The van der Waals surface area contributed by atoms with Crippen LogP contribution >= 0.6 is 0 Å². The van der Waals surface area contributed by atoms with Gasteiger partial charge in [0.2, 0.25) is 5.91 Å². The van der Waals surface area contributed by atoms with Crippen molar-refractivity contribution < 1.29 is 9.90 Å². The fourth-order valence-corrected chi connectivity index (χ4v) is 2.59. The van der Waals surface area contributed by atoms with Crippen molar-refractivity contribution >= 4 is 5.91 Å². The normalized spacial score (nSPS) is 17.7. The number of hydrogen-bond acceptors (Lipinski definition) is 2. The van der Waals surface area contributed by atoms with Gasteiger partial charge in [-0.05, 0) is 39.2 Å². The standard InChI is InChI=1S/C16H23NO2/c1-12-6-4-7-13(10-12)16(8-5-9-16)14(19)17-15(2,3)11-18/h4,6-7,10,18H,5,8-9,11H2,1-3H3,(H,17,19). The lowest BCUT2D eigenvalue weighted by atomic mass is 9.63. The minimum atomic E-state index is -0.566. The van der Waals surface area contributed by atoms with Crippen LogP contribution in [0.25, 0.3) is 0 Å². The topological polar surface area (TPSA) is 49.3 Å². The van der Waals surface area contributed by atoms with Crippen molar-refractivity contribution in [3.63, 3.8) is 0 Å². The van der Waals surface area contributed by atoms with Crippen molar-refractivity contribution in [2.24, 2.45) is 0 Å². The molecule has 0 aliphatic heterocycles. The van der Waals surface area contributed by atoms with Gasteiger partial charge < -0.3 is 10.4 Å². The van der Waals surface area contributed by atoms with Crippen LogP contribution in [0.3, 0.4) is 0 Å². The molecule has 3 nitrogen and oxygen atoms in total. The number of aryl methyl sites for hydroxylation is 1. The molecule has 1 aliphatic carbocycles. The Balaban J connectivity index is 2.26. The Morgan fingerprint density at radius 2 is 2.11 bits per heavy atom. The Bertz CT molecular complexity index is 475. The quantitative estimate of drug-likeness (QED) is 0.873. The highest BCUT2D eigenvalue weighted by Crippen LogP contribution is 2.44. The van der Waals surface area contributed by atoms with Crippen molar-refractivity contribution in [3.8, 4) is 0 Å². The van der Waals surface area contributed by atoms with Crippen LogP contribution < -0.4 is 5.32 Å². The third kappa shape index (κ3) is 2.66. The molecule has 0 bridgehead atoms. The van der Waals surface area contributed by atoms with Crippen LogP contribution in [-0.4, -0.2) is 23.2 Å². The first kappa shape index (κ1) is 14.1. The number of nitrogens with one attached hydrogen (secondary N) is 1. The summed E-state index contributed by atoms with van der Waals surface area (Å²) in [6.07, 6.45) is 2.87. The molecule has 1 aromatic rings. The molecule has 0 atom stereocenters. The summed E-state index contributed by atoms with van der Waals surface area (Å²) in [6, 6.07) is 8.20. The van der Waals surface area contributed by atoms with Crippen molar-refractivity contribution in [1.29, 1.82) is 0 Å². The lowest BCUT2D eigenvalue weighted by Gasteiger charge is -2.43. The summed E-state index contributed by atoms with van der Waals surface area (Å²) in [4.78, 5) is 12.6. The van der Waals surface area contributed by atoms with Crippen LogP contribution in [0.2, 0.25) is 0 Å². The highest BCUT2D eigenvalue weighted by molar-refractivity contribution is 5.89. The van der Waals surface area contributed by atoms with Gasteiger partial charge >= 0.3 is 0 Å². The van der Waals surface area contributed by atoms with E-state index in [9.17, 15) is 9.90 Å². The molecule has 1 saturated carbocycles. The number of amides is 1. The van der Waals surface area contributed by atoms with Crippen molar-refractivity contribution in [2.75, 3.05) is 6.61 Å². The fourth-order valence-electron chi connectivity index (χ4n) is 2.59. The van der Waals surface area contributed by atoms with Gasteiger partial charge in [-0.25, -0.2) is 0 Å². The predicted octanol–water partition coefficient (Wildman–Crippen LogP) is 2.30. The second-order valence-corrected chi connectivity index (χ2v) is 6.30. The molecule has 1 aliphatic rings. The van der Waals surface area contributed by atoms with E-state index in [2.05, 4.69) is 11.4 Å². The second-order valence-electron chi connectivity index (χ2n) is 6.30. The minimum Gasteiger partial charge on any atom is -0.394 e. The van der Waals surface area contributed by atoms with Crippen LogP contribution in [0.15, 0.2) is 24.3 Å². The van der Waals surface area contributed by atoms with Gasteiger partial charge in [0.15, 0.2) is 0 Å². The summed E-state index contributed by atoms with van der Waals surface area (Å²) in [5.74, 6) is 0.0448. The van der Waals surface area contributed by atoms with Gasteiger partial charge in [-0.3, -0.25) is 4.79 Å². The summed E-state index contributed by atoms with van der Waals surface area (Å²) in [5, 5.41) is 12.3. The Kier molecular flexibility index (Phi) is 3.68. The van der Waals surface area contributed by atoms with Crippen LogP contribution in [-0.2, 0) is 10.2 Å². The van der Waals surface area contributed by atoms with E-state index in [0.717, 1.165) is 24.8 Å². The SMILES string of the molecule is Cc1cccc(C2(C(=O)NC(C)(C)CO)CCC2)c1. The zero-order chi connectivity index (χ0) is 14.1. The van der Waals surface area contributed by atoms with E-state index < -0.39 is 11.0 Å². The minimum absolute atomic E-state index is 0.0448. The Morgan fingerprint density at radius 3 is 2.58 bits per heavy atom. The highest BCUT2D eigenvalue weighted by atomic mass is 16.3. The molecule has 2 rings (SSSR count). The third-order valence-corrected chi connectivity index (χ3v) is 4.06. The maximum Gasteiger partial charge on any atom is 0.231 e. The maximum atomic E-state index is 12.6. The summed E-state index contributed by atoms with van der Waals surface area (Å²) in [6.45, 7) is 5.68.